The summed E-state index contributed by atoms with van der Waals surface area (Å²) in [6.07, 6.45) is 12.9. The van der Waals surface area contributed by atoms with Crippen LogP contribution < -0.4 is 0 Å². The number of ether oxygens (including phenoxy) is 4. The van der Waals surface area contributed by atoms with Gasteiger partial charge in [0.25, 0.3) is 0 Å². The molecule has 3 unspecified atom stereocenters. The minimum absolute atomic E-state index is 0.127. The van der Waals surface area contributed by atoms with Crippen LogP contribution in [-0.4, -0.2) is 92.1 Å². The molecule has 2 N–H and O–H groups in total. The number of hydrogen-bond donors (Lipinski definition) is 2. The van der Waals surface area contributed by atoms with E-state index >= 15 is 0 Å². The molecule has 2 heterocycles. The van der Waals surface area contributed by atoms with E-state index in [-0.39, 0.29) is 31.3 Å². The second-order valence-corrected chi connectivity index (χ2v) is 10.8. The lowest BCUT2D eigenvalue weighted by molar-refractivity contribution is -0.138. The van der Waals surface area contributed by atoms with E-state index in [0.717, 1.165) is 83.7 Å². The molecule has 0 spiro atoms. The zero-order chi connectivity index (χ0) is 26.7. The maximum Gasteiger partial charge on any atom is 0.303 e. The lowest BCUT2D eigenvalue weighted by atomic mass is 9.95. The molecule has 2 saturated heterocycles. The largest absolute Gasteiger partial charge is 0.481 e. The Morgan fingerprint density at radius 2 is 1.27 bits per heavy atom. The number of carbonyl (C=O) groups is 2. The van der Waals surface area contributed by atoms with Crippen LogP contribution in [0.3, 0.4) is 0 Å². The van der Waals surface area contributed by atoms with Crippen molar-refractivity contribution in [1.82, 2.24) is 4.90 Å². The molecular formula is C28H51NO8. The lowest BCUT2D eigenvalue weighted by Gasteiger charge is -2.30. The van der Waals surface area contributed by atoms with Gasteiger partial charge < -0.3 is 34.1 Å². The molecule has 0 aliphatic carbocycles. The SMILES string of the molecule is CN1CCCC(CC2OC(COCCCCCCCC(=O)O)C(COCCCCCCCC(=O)O)O2)C1. The van der Waals surface area contributed by atoms with Crippen molar-refractivity contribution in [2.24, 2.45) is 5.92 Å². The van der Waals surface area contributed by atoms with E-state index in [4.69, 9.17) is 29.2 Å². The van der Waals surface area contributed by atoms with Crippen molar-refractivity contribution < 1.29 is 38.7 Å². The number of piperidine rings is 1. The van der Waals surface area contributed by atoms with E-state index in [1.54, 1.807) is 0 Å². The van der Waals surface area contributed by atoms with Gasteiger partial charge in [0.15, 0.2) is 6.29 Å². The highest BCUT2D eigenvalue weighted by Gasteiger charge is 2.37. The van der Waals surface area contributed by atoms with Crippen molar-refractivity contribution in [3.63, 3.8) is 0 Å². The van der Waals surface area contributed by atoms with Gasteiger partial charge >= 0.3 is 11.9 Å². The van der Waals surface area contributed by atoms with Gasteiger partial charge in [0.2, 0.25) is 0 Å². The zero-order valence-corrected chi connectivity index (χ0v) is 22.9. The molecular weight excluding hydrogens is 478 g/mol. The van der Waals surface area contributed by atoms with E-state index in [1.165, 1.54) is 12.8 Å². The first kappa shape index (κ1) is 32.0. The fourth-order valence-electron chi connectivity index (χ4n) is 5.16. The van der Waals surface area contributed by atoms with Gasteiger partial charge in [0.1, 0.15) is 12.2 Å². The maximum absolute atomic E-state index is 10.6. The average Bonchev–Trinajstić information content (AvgIpc) is 3.22. The smallest absolute Gasteiger partial charge is 0.303 e. The Hall–Kier alpha value is -1.26. The first-order valence-corrected chi connectivity index (χ1v) is 14.5. The van der Waals surface area contributed by atoms with Crippen molar-refractivity contribution in [3.05, 3.63) is 0 Å². The van der Waals surface area contributed by atoms with Gasteiger partial charge in [-0.25, -0.2) is 0 Å². The van der Waals surface area contributed by atoms with Crippen molar-refractivity contribution in [2.75, 3.05) is 46.6 Å². The van der Waals surface area contributed by atoms with E-state index < -0.39 is 11.9 Å². The number of hydrogen-bond acceptors (Lipinski definition) is 7. The third kappa shape index (κ3) is 15.7. The van der Waals surface area contributed by atoms with Crippen molar-refractivity contribution in [2.45, 2.75) is 115 Å². The second kappa shape index (κ2) is 19.8. The Morgan fingerprint density at radius 3 is 1.76 bits per heavy atom. The van der Waals surface area contributed by atoms with E-state index in [1.807, 2.05) is 0 Å². The van der Waals surface area contributed by atoms with Gasteiger partial charge in [-0.15, -0.1) is 0 Å². The van der Waals surface area contributed by atoms with Gasteiger partial charge in [-0.2, -0.15) is 0 Å². The monoisotopic (exact) mass is 529 g/mol. The van der Waals surface area contributed by atoms with Crippen LogP contribution in [0.1, 0.15) is 96.3 Å². The van der Waals surface area contributed by atoms with Crippen LogP contribution in [0.4, 0.5) is 0 Å². The third-order valence-corrected chi connectivity index (χ3v) is 7.24. The van der Waals surface area contributed by atoms with Gasteiger partial charge in [0, 0.05) is 39.0 Å². The molecule has 0 amide bonds. The molecule has 216 valence electrons. The molecule has 9 nitrogen and oxygen atoms in total. The molecule has 2 rings (SSSR count). The van der Waals surface area contributed by atoms with Crippen LogP contribution in [0, 0.1) is 5.92 Å². The summed E-state index contributed by atoms with van der Waals surface area (Å²) in [7, 11) is 2.17. The molecule has 9 heteroatoms. The molecule has 37 heavy (non-hydrogen) atoms. The second-order valence-electron chi connectivity index (χ2n) is 10.8. The quantitative estimate of drug-likeness (QED) is 0.192. The molecule has 0 bridgehead atoms. The molecule has 2 aliphatic heterocycles. The van der Waals surface area contributed by atoms with Crippen LogP contribution in [0.15, 0.2) is 0 Å². The number of rotatable bonds is 22. The first-order chi connectivity index (χ1) is 17.9. The van der Waals surface area contributed by atoms with Crippen LogP contribution in [0.2, 0.25) is 0 Å². The Bertz CT molecular complexity index is 579. The molecule has 0 radical (unpaired) electrons. The normalized spacial score (nSPS) is 24.5. The summed E-state index contributed by atoms with van der Waals surface area (Å²) in [6, 6.07) is 0. The van der Waals surface area contributed by atoms with Crippen molar-refractivity contribution in [1.29, 1.82) is 0 Å². The highest BCUT2D eigenvalue weighted by atomic mass is 16.7. The van der Waals surface area contributed by atoms with E-state index in [0.29, 0.717) is 32.3 Å². The number of carboxylic acids is 2. The third-order valence-electron chi connectivity index (χ3n) is 7.24. The number of unbranched alkanes of at least 4 members (excludes halogenated alkanes) is 8. The molecule has 0 saturated carbocycles. The summed E-state index contributed by atoms with van der Waals surface area (Å²) in [5, 5.41) is 17.4. The summed E-state index contributed by atoms with van der Waals surface area (Å²) in [5.74, 6) is -0.850. The number of carboxylic acid groups (broad SMARTS) is 2. The van der Waals surface area contributed by atoms with E-state index in [9.17, 15) is 9.59 Å². The standard InChI is InChI=1S/C28H51NO8/c1-29-16-12-13-23(20-29)19-28-36-24(21-34-17-10-6-2-4-8-14-26(30)31)25(37-28)22-35-18-11-7-3-5-9-15-27(32)33/h23-25,28H,2-22H2,1H3,(H,30,31)(H,32,33). The van der Waals surface area contributed by atoms with E-state index in [2.05, 4.69) is 11.9 Å². The molecule has 0 aromatic carbocycles. The summed E-state index contributed by atoms with van der Waals surface area (Å²) < 4.78 is 24.5. The Labute approximate surface area is 223 Å². The van der Waals surface area contributed by atoms with Crippen LogP contribution in [-0.2, 0) is 28.5 Å². The van der Waals surface area contributed by atoms with Crippen molar-refractivity contribution >= 4 is 11.9 Å². The van der Waals surface area contributed by atoms with Gasteiger partial charge in [-0.1, -0.05) is 38.5 Å². The Kier molecular flexibility index (Phi) is 17.1. The Balaban J connectivity index is 1.63. The molecule has 3 atom stereocenters. The molecule has 0 aromatic heterocycles. The maximum atomic E-state index is 10.6. The Morgan fingerprint density at radius 1 is 0.784 bits per heavy atom. The number of likely N-dealkylation sites (tertiary alicyclic amines) is 1. The van der Waals surface area contributed by atoms with Crippen LogP contribution in [0.5, 0.6) is 0 Å². The topological polar surface area (TPSA) is 115 Å². The van der Waals surface area contributed by atoms with Gasteiger partial charge in [-0.05, 0) is 58.0 Å². The average molecular weight is 530 g/mol. The summed E-state index contributed by atoms with van der Waals surface area (Å²) in [5.41, 5.74) is 0. The van der Waals surface area contributed by atoms with Crippen LogP contribution in [0.25, 0.3) is 0 Å². The summed E-state index contributed by atoms with van der Waals surface area (Å²) in [4.78, 5) is 23.5. The van der Waals surface area contributed by atoms with Crippen LogP contribution >= 0.6 is 0 Å². The zero-order valence-electron chi connectivity index (χ0n) is 22.9. The minimum Gasteiger partial charge on any atom is -0.481 e. The molecule has 2 fully saturated rings. The fourth-order valence-corrected chi connectivity index (χ4v) is 5.16. The van der Waals surface area contributed by atoms with Gasteiger partial charge in [0.05, 0.1) is 13.2 Å². The predicted octanol–water partition coefficient (Wildman–Crippen LogP) is 4.71. The number of aliphatic carboxylic acids is 2. The highest BCUT2D eigenvalue weighted by molar-refractivity contribution is 5.66. The fraction of sp³-hybridized carbons (Fsp3) is 0.929. The number of nitrogens with zero attached hydrogens (tertiary/aromatic N) is 1. The highest BCUT2D eigenvalue weighted by Crippen LogP contribution is 2.28. The first-order valence-electron chi connectivity index (χ1n) is 14.5. The summed E-state index contributed by atoms with van der Waals surface area (Å²) >= 11 is 0. The lowest BCUT2D eigenvalue weighted by Crippen LogP contribution is -2.34. The summed E-state index contributed by atoms with van der Waals surface area (Å²) in [6.45, 7) is 4.59. The molecule has 2 aliphatic rings. The van der Waals surface area contributed by atoms with Crippen molar-refractivity contribution in [3.8, 4) is 0 Å². The predicted molar refractivity (Wildman–Crippen MR) is 141 cm³/mol. The minimum atomic E-state index is -0.720. The van der Waals surface area contributed by atoms with Gasteiger partial charge in [-0.3, -0.25) is 9.59 Å². The molecule has 0 aromatic rings.